The number of halogens is 3. The van der Waals surface area contributed by atoms with Gasteiger partial charge in [-0.05, 0) is 56.8 Å². The Labute approximate surface area is 233 Å². The van der Waals surface area contributed by atoms with Crippen molar-refractivity contribution in [3.8, 4) is 0 Å². The van der Waals surface area contributed by atoms with Crippen LogP contribution in [0, 0.1) is 17.7 Å². The Kier molecular flexibility index (Phi) is 11.0. The molecule has 4 nitrogen and oxygen atoms in total. The minimum absolute atomic E-state index is 0.0327. The largest absolute Gasteiger partial charge is 0.461 e. The van der Waals surface area contributed by atoms with E-state index in [1.807, 2.05) is 6.20 Å². The summed E-state index contributed by atoms with van der Waals surface area (Å²) in [4.78, 5) is 17.6. The number of rotatable bonds is 12. The van der Waals surface area contributed by atoms with E-state index < -0.39 is 11.8 Å². The first-order valence-electron chi connectivity index (χ1n) is 10.9. The molecule has 0 radical (unpaired) electrons. The van der Waals surface area contributed by atoms with Crippen LogP contribution in [0.15, 0.2) is 29.2 Å². The summed E-state index contributed by atoms with van der Waals surface area (Å²) in [5, 5.41) is 3.71. The number of fused-ring (bicyclic) bond motifs is 1. The van der Waals surface area contributed by atoms with Gasteiger partial charge >= 0.3 is 5.97 Å². The number of hydrogen-bond donors (Lipinski definition) is 1. The fourth-order valence-electron chi connectivity index (χ4n) is 3.41. The molecule has 0 aliphatic carbocycles. The number of carbonyl (C=O) groups is 1. The van der Waals surface area contributed by atoms with Gasteiger partial charge in [0.2, 0.25) is 0 Å². The predicted octanol–water partition coefficient (Wildman–Crippen LogP) is 9.63. The van der Waals surface area contributed by atoms with Gasteiger partial charge in [-0.1, -0.05) is 63.6 Å². The van der Waals surface area contributed by atoms with E-state index >= 15 is 4.39 Å². The lowest BCUT2D eigenvalue weighted by Gasteiger charge is -2.12. The maximum absolute atomic E-state index is 15.6. The van der Waals surface area contributed by atoms with E-state index in [1.54, 1.807) is 18.0 Å². The molecule has 0 saturated heterocycles. The third-order valence-electron chi connectivity index (χ3n) is 5.19. The Bertz CT molecular complexity index is 1100. The number of thioether (sulfide) groups is 2. The van der Waals surface area contributed by atoms with Crippen LogP contribution in [0.4, 0.5) is 4.39 Å². The highest BCUT2D eigenvalue weighted by atomic mass is 79.9. The van der Waals surface area contributed by atoms with E-state index in [0.717, 1.165) is 30.4 Å². The first-order chi connectivity index (χ1) is 16.2. The lowest BCUT2D eigenvalue weighted by atomic mass is 9.98. The van der Waals surface area contributed by atoms with Crippen molar-refractivity contribution in [1.29, 1.82) is 0 Å². The molecular formula is C23H27Br2FN2O2S4. The number of nitrogens with zero attached hydrogens (tertiary/aromatic N) is 1. The van der Waals surface area contributed by atoms with Crippen LogP contribution in [-0.4, -0.2) is 19.3 Å². The number of ether oxygens (including phenoxy) is 1. The molecule has 11 heteroatoms. The molecule has 186 valence electrons. The van der Waals surface area contributed by atoms with Crippen molar-refractivity contribution < 1.29 is 13.9 Å². The fraction of sp³-hybridized carbons (Fsp3) is 0.478. The lowest BCUT2D eigenvalue weighted by molar-refractivity contribution is 0.0485. The minimum atomic E-state index is -0.589. The quantitative estimate of drug-likeness (QED) is 0.139. The van der Waals surface area contributed by atoms with E-state index in [9.17, 15) is 4.79 Å². The van der Waals surface area contributed by atoms with Crippen molar-refractivity contribution in [1.82, 2.24) is 5.32 Å². The zero-order chi connectivity index (χ0) is 24.8. The van der Waals surface area contributed by atoms with Crippen LogP contribution in [-0.2, 0) is 4.74 Å². The minimum Gasteiger partial charge on any atom is -0.461 e. The molecule has 2 aromatic heterocycles. The van der Waals surface area contributed by atoms with Crippen LogP contribution in [0.1, 0.15) is 66.4 Å². The van der Waals surface area contributed by atoms with Gasteiger partial charge in [-0.15, -0.1) is 22.7 Å². The molecule has 0 saturated carbocycles. The first-order valence-corrected chi connectivity index (χ1v) is 15.8. The molecule has 2 aromatic rings. The summed E-state index contributed by atoms with van der Waals surface area (Å²) < 4.78 is 24.3. The standard InChI is InChI=1S/C23H27Br2FN2O2S4/c1-12(2)6-5-7-13(3)8-9-30-22(29)19-17(26)16-18(33-19)20(21-28-11-15(25)31-21)34-23(16)32-14(24)10-27-4/h10-13,21,28H,4-9H2,1-3H3/b14-10-. The zero-order valence-corrected chi connectivity index (χ0v) is 25.6. The monoisotopic (exact) mass is 668 g/mol. The van der Waals surface area contributed by atoms with E-state index in [4.69, 9.17) is 4.74 Å². The third kappa shape index (κ3) is 7.35. The van der Waals surface area contributed by atoms with Gasteiger partial charge < -0.3 is 10.1 Å². The second-order valence-corrected chi connectivity index (χ2v) is 15.7. The SMILES string of the molecule is C=N/C=C(/Br)Sc1sc(C2NC=C(Br)S2)c2sc(C(=O)OCCC(C)CCCC(C)C)c(F)c12. The Morgan fingerprint density at radius 3 is 2.76 bits per heavy atom. The smallest absolute Gasteiger partial charge is 0.351 e. The molecule has 2 unspecified atom stereocenters. The summed E-state index contributed by atoms with van der Waals surface area (Å²) >= 11 is 12.6. The molecule has 3 rings (SSSR count). The molecule has 0 spiro atoms. The number of hydrogen-bond acceptors (Lipinski definition) is 8. The Hall–Kier alpha value is -0.330. The topological polar surface area (TPSA) is 50.7 Å². The zero-order valence-electron chi connectivity index (χ0n) is 19.2. The van der Waals surface area contributed by atoms with Crippen LogP contribution in [0.25, 0.3) is 10.1 Å². The van der Waals surface area contributed by atoms with Gasteiger partial charge in [0.25, 0.3) is 0 Å². The average Bonchev–Trinajstić information content (AvgIpc) is 3.43. The highest BCUT2D eigenvalue weighted by Crippen LogP contribution is 2.53. The van der Waals surface area contributed by atoms with E-state index in [2.05, 4.69) is 69.7 Å². The molecule has 1 N–H and O–H groups in total. The molecule has 34 heavy (non-hydrogen) atoms. The van der Waals surface area contributed by atoms with Crippen LogP contribution in [0.5, 0.6) is 0 Å². The average molecular weight is 671 g/mol. The number of aliphatic imine (C=N–C) groups is 1. The van der Waals surface area contributed by atoms with Crippen molar-refractivity contribution in [2.45, 2.75) is 56.0 Å². The van der Waals surface area contributed by atoms with E-state index in [-0.39, 0.29) is 10.3 Å². The van der Waals surface area contributed by atoms with Crippen LogP contribution in [0.2, 0.25) is 0 Å². The van der Waals surface area contributed by atoms with Crippen LogP contribution in [0.3, 0.4) is 0 Å². The van der Waals surface area contributed by atoms with E-state index in [0.29, 0.717) is 27.6 Å². The van der Waals surface area contributed by atoms with Crippen LogP contribution < -0.4 is 5.32 Å². The normalized spacial score (nSPS) is 17.2. The molecule has 3 heterocycles. The number of carbonyl (C=O) groups excluding carboxylic acids is 1. The molecule has 1 aliphatic rings. The van der Waals surface area contributed by atoms with Gasteiger partial charge in [-0.25, -0.2) is 9.18 Å². The Morgan fingerprint density at radius 1 is 1.35 bits per heavy atom. The fourth-order valence-corrected chi connectivity index (χ4v) is 9.74. The van der Waals surface area contributed by atoms with Gasteiger partial charge in [-0.3, -0.25) is 4.99 Å². The summed E-state index contributed by atoms with van der Waals surface area (Å²) in [7, 11) is 0. The van der Waals surface area contributed by atoms with Crippen molar-refractivity contribution in [2.75, 3.05) is 6.61 Å². The van der Waals surface area contributed by atoms with Crippen LogP contribution >= 0.6 is 78.1 Å². The molecule has 0 bridgehead atoms. The molecule has 0 fully saturated rings. The van der Waals surface area contributed by atoms with Gasteiger partial charge in [0.05, 0.1) is 33.4 Å². The summed E-state index contributed by atoms with van der Waals surface area (Å²) in [5.74, 6) is 0.0688. The van der Waals surface area contributed by atoms with Gasteiger partial charge in [-0.2, -0.15) is 0 Å². The summed E-state index contributed by atoms with van der Waals surface area (Å²) in [6.45, 7) is 10.4. The molecular weight excluding hydrogens is 643 g/mol. The highest BCUT2D eigenvalue weighted by Gasteiger charge is 2.31. The maximum Gasteiger partial charge on any atom is 0.351 e. The first kappa shape index (κ1) is 28.2. The van der Waals surface area contributed by atoms with Crippen molar-refractivity contribution in [3.63, 3.8) is 0 Å². The maximum atomic E-state index is 15.6. The summed E-state index contributed by atoms with van der Waals surface area (Å²) in [5.41, 5.74) is 0. The highest BCUT2D eigenvalue weighted by molar-refractivity contribution is 9.14. The number of esters is 1. The molecule has 0 aromatic carbocycles. The van der Waals surface area contributed by atoms with Gasteiger partial charge in [0.15, 0.2) is 5.82 Å². The Balaban J connectivity index is 1.77. The van der Waals surface area contributed by atoms with Crippen molar-refractivity contribution >= 4 is 101 Å². The number of nitrogens with one attached hydrogen (secondary N) is 1. The Morgan fingerprint density at radius 2 is 2.12 bits per heavy atom. The summed E-state index contributed by atoms with van der Waals surface area (Å²) in [6, 6.07) is 0. The third-order valence-corrected chi connectivity index (χ3v) is 11.3. The van der Waals surface area contributed by atoms with Gasteiger partial charge in [0, 0.05) is 12.4 Å². The second-order valence-electron chi connectivity index (χ2n) is 8.39. The second kappa shape index (κ2) is 13.3. The molecule has 0 amide bonds. The van der Waals surface area contributed by atoms with Gasteiger partial charge in [0.1, 0.15) is 10.3 Å². The van der Waals surface area contributed by atoms with Crippen molar-refractivity contribution in [3.05, 3.63) is 35.6 Å². The predicted molar refractivity (Wildman–Crippen MR) is 155 cm³/mol. The number of thiophene rings is 2. The lowest BCUT2D eigenvalue weighted by Crippen LogP contribution is -2.09. The van der Waals surface area contributed by atoms with E-state index in [1.165, 1.54) is 47.3 Å². The van der Waals surface area contributed by atoms with Crippen molar-refractivity contribution in [2.24, 2.45) is 16.8 Å². The molecule has 1 aliphatic heterocycles. The summed E-state index contributed by atoms with van der Waals surface area (Å²) in [6.07, 6.45) is 7.73. The molecule has 2 atom stereocenters.